The average Bonchev–Trinajstić information content (AvgIpc) is 2.60. The van der Waals surface area contributed by atoms with Crippen LogP contribution in [0.1, 0.15) is 116 Å². The summed E-state index contributed by atoms with van der Waals surface area (Å²) in [5.41, 5.74) is 0. The summed E-state index contributed by atoms with van der Waals surface area (Å²) in [6.07, 6.45) is 30.1. The Morgan fingerprint density at radius 1 is 0.640 bits per heavy atom. The minimum atomic E-state index is -0.882. The fourth-order valence-corrected chi connectivity index (χ4v) is 3.12. The molecule has 1 N–H and O–H groups in total. The molecule has 0 aromatic rings. The van der Waals surface area contributed by atoms with Crippen molar-refractivity contribution in [2.45, 2.75) is 116 Å². The Morgan fingerprint density at radius 2 is 1.04 bits per heavy atom. The zero-order valence-corrected chi connectivity index (χ0v) is 16.7. The first-order valence-electron chi connectivity index (χ1n) is 10.8. The van der Waals surface area contributed by atoms with Crippen LogP contribution in [0.15, 0.2) is 24.3 Å². The molecular weight excluding hydrogens is 308 g/mol. The largest absolute Gasteiger partial charge is 0.478 e. The second kappa shape index (κ2) is 21.0. The van der Waals surface area contributed by atoms with E-state index in [1.54, 1.807) is 6.08 Å². The standard InChI is InChI=1S/C23H42O2/c1-2-3-4-5-6-7-8-9-10-11-12-13-14-15-16-17-18-19-20-21-22-23(24)25/h19-22H,2-18H2,1H3,(H,24,25)/b20-19-,22-21-. The lowest BCUT2D eigenvalue weighted by atomic mass is 10.0. The van der Waals surface area contributed by atoms with Crippen molar-refractivity contribution in [2.75, 3.05) is 0 Å². The van der Waals surface area contributed by atoms with Gasteiger partial charge in [-0.2, -0.15) is 0 Å². The first-order valence-corrected chi connectivity index (χ1v) is 10.8. The number of carboxylic acids is 1. The number of carboxylic acid groups (broad SMARTS) is 1. The van der Waals surface area contributed by atoms with E-state index < -0.39 is 5.97 Å². The van der Waals surface area contributed by atoms with Crippen molar-refractivity contribution in [3.63, 3.8) is 0 Å². The highest BCUT2D eigenvalue weighted by Crippen LogP contribution is 2.14. The molecule has 0 aliphatic carbocycles. The number of hydrogen-bond donors (Lipinski definition) is 1. The maximum absolute atomic E-state index is 10.3. The molecule has 0 saturated carbocycles. The fourth-order valence-electron chi connectivity index (χ4n) is 3.12. The molecule has 0 aromatic heterocycles. The van der Waals surface area contributed by atoms with Gasteiger partial charge in [0.2, 0.25) is 0 Å². The molecule has 25 heavy (non-hydrogen) atoms. The van der Waals surface area contributed by atoms with Gasteiger partial charge in [-0.05, 0) is 12.8 Å². The molecule has 0 bridgehead atoms. The predicted molar refractivity (Wildman–Crippen MR) is 110 cm³/mol. The van der Waals surface area contributed by atoms with Gasteiger partial charge in [0.1, 0.15) is 0 Å². The first-order chi connectivity index (χ1) is 12.3. The van der Waals surface area contributed by atoms with Crippen molar-refractivity contribution < 1.29 is 9.90 Å². The van der Waals surface area contributed by atoms with Crippen molar-refractivity contribution in [2.24, 2.45) is 0 Å². The number of hydrogen-bond acceptors (Lipinski definition) is 1. The van der Waals surface area contributed by atoms with Crippen molar-refractivity contribution >= 4 is 5.97 Å². The third-order valence-electron chi connectivity index (χ3n) is 4.71. The van der Waals surface area contributed by atoms with Crippen LogP contribution in [0.25, 0.3) is 0 Å². The van der Waals surface area contributed by atoms with Crippen LogP contribution >= 0.6 is 0 Å². The third-order valence-corrected chi connectivity index (χ3v) is 4.71. The monoisotopic (exact) mass is 350 g/mol. The Balaban J connectivity index is 3.08. The summed E-state index contributed by atoms with van der Waals surface area (Å²) in [7, 11) is 0. The SMILES string of the molecule is CCCCCCCCCCCCCCCCCC/C=C\C=C/C(=O)O. The third kappa shape index (κ3) is 22.9. The molecule has 0 aliphatic heterocycles. The Bertz CT molecular complexity index is 331. The molecule has 0 aromatic carbocycles. The maximum atomic E-state index is 10.3. The quantitative estimate of drug-likeness (QED) is 0.146. The van der Waals surface area contributed by atoms with E-state index >= 15 is 0 Å². The van der Waals surface area contributed by atoms with Crippen molar-refractivity contribution in [3.8, 4) is 0 Å². The number of rotatable bonds is 19. The molecule has 0 amide bonds. The molecule has 0 heterocycles. The van der Waals surface area contributed by atoms with Gasteiger partial charge in [0, 0.05) is 6.08 Å². The van der Waals surface area contributed by atoms with Gasteiger partial charge in [0.05, 0.1) is 0 Å². The van der Waals surface area contributed by atoms with Gasteiger partial charge in [0.25, 0.3) is 0 Å². The van der Waals surface area contributed by atoms with Gasteiger partial charge < -0.3 is 5.11 Å². The van der Waals surface area contributed by atoms with Gasteiger partial charge in [-0.25, -0.2) is 4.79 Å². The topological polar surface area (TPSA) is 37.3 Å². The number of aliphatic carboxylic acids is 1. The highest BCUT2D eigenvalue weighted by Gasteiger charge is 1.94. The second-order valence-electron chi connectivity index (χ2n) is 7.22. The fraction of sp³-hybridized carbons (Fsp3) is 0.783. The van der Waals surface area contributed by atoms with Crippen LogP contribution in [0.2, 0.25) is 0 Å². The van der Waals surface area contributed by atoms with E-state index in [1.165, 1.54) is 109 Å². The summed E-state index contributed by atoms with van der Waals surface area (Å²) in [5, 5.41) is 8.44. The van der Waals surface area contributed by atoms with Gasteiger partial charge in [-0.1, -0.05) is 121 Å². The molecular formula is C23H42O2. The van der Waals surface area contributed by atoms with Crippen LogP contribution in [-0.2, 0) is 4.79 Å². The smallest absolute Gasteiger partial charge is 0.328 e. The summed E-state index contributed by atoms with van der Waals surface area (Å²) in [4.78, 5) is 10.3. The molecule has 0 saturated heterocycles. The molecule has 0 radical (unpaired) electrons. The van der Waals surface area contributed by atoms with Crippen LogP contribution < -0.4 is 0 Å². The van der Waals surface area contributed by atoms with E-state index in [4.69, 9.17) is 5.11 Å². The van der Waals surface area contributed by atoms with E-state index in [0.29, 0.717) is 0 Å². The normalized spacial score (nSPS) is 11.7. The number of unbranched alkanes of at least 4 members (excludes halogenated alkanes) is 16. The lowest BCUT2D eigenvalue weighted by Crippen LogP contribution is -1.84. The Morgan fingerprint density at radius 3 is 1.44 bits per heavy atom. The molecule has 2 nitrogen and oxygen atoms in total. The average molecular weight is 351 g/mol. The molecule has 0 atom stereocenters. The number of carbonyl (C=O) groups is 1. The summed E-state index contributed by atoms with van der Waals surface area (Å²) < 4.78 is 0. The first kappa shape index (κ1) is 23.9. The summed E-state index contributed by atoms with van der Waals surface area (Å²) in [6, 6.07) is 0. The lowest BCUT2D eigenvalue weighted by Gasteiger charge is -2.03. The zero-order chi connectivity index (χ0) is 18.4. The van der Waals surface area contributed by atoms with Gasteiger partial charge in [-0.3, -0.25) is 0 Å². The van der Waals surface area contributed by atoms with Crippen LogP contribution in [0.3, 0.4) is 0 Å². The van der Waals surface area contributed by atoms with Crippen LogP contribution in [0.4, 0.5) is 0 Å². The minimum Gasteiger partial charge on any atom is -0.478 e. The number of allylic oxidation sites excluding steroid dienone is 3. The highest BCUT2D eigenvalue weighted by atomic mass is 16.4. The Kier molecular flexibility index (Phi) is 20.1. The Labute approximate surface area is 156 Å². The highest BCUT2D eigenvalue weighted by molar-refractivity contribution is 5.80. The molecule has 0 unspecified atom stereocenters. The maximum Gasteiger partial charge on any atom is 0.328 e. The molecule has 0 fully saturated rings. The van der Waals surface area contributed by atoms with Crippen LogP contribution in [0, 0.1) is 0 Å². The van der Waals surface area contributed by atoms with Gasteiger partial charge in [0.15, 0.2) is 0 Å². The Hall–Kier alpha value is -1.05. The zero-order valence-electron chi connectivity index (χ0n) is 16.7. The summed E-state index contributed by atoms with van der Waals surface area (Å²) in [5.74, 6) is -0.882. The summed E-state index contributed by atoms with van der Waals surface area (Å²) in [6.45, 7) is 2.28. The summed E-state index contributed by atoms with van der Waals surface area (Å²) >= 11 is 0. The molecule has 0 aliphatic rings. The van der Waals surface area contributed by atoms with E-state index in [0.717, 1.165) is 6.42 Å². The molecule has 0 rings (SSSR count). The van der Waals surface area contributed by atoms with Gasteiger partial charge in [-0.15, -0.1) is 0 Å². The lowest BCUT2D eigenvalue weighted by molar-refractivity contribution is -0.131. The van der Waals surface area contributed by atoms with Crippen molar-refractivity contribution in [1.82, 2.24) is 0 Å². The van der Waals surface area contributed by atoms with Crippen LogP contribution in [0.5, 0.6) is 0 Å². The van der Waals surface area contributed by atoms with Gasteiger partial charge >= 0.3 is 5.97 Å². The van der Waals surface area contributed by atoms with E-state index in [9.17, 15) is 4.79 Å². The molecule has 0 spiro atoms. The van der Waals surface area contributed by atoms with E-state index in [-0.39, 0.29) is 0 Å². The minimum absolute atomic E-state index is 0.882. The second-order valence-corrected chi connectivity index (χ2v) is 7.22. The molecule has 2 heteroatoms. The molecule has 146 valence electrons. The van der Waals surface area contributed by atoms with E-state index in [2.05, 4.69) is 13.0 Å². The van der Waals surface area contributed by atoms with Crippen LogP contribution in [-0.4, -0.2) is 11.1 Å². The van der Waals surface area contributed by atoms with E-state index in [1.807, 2.05) is 6.08 Å². The predicted octanol–water partition coefficient (Wildman–Crippen LogP) is 7.84. The van der Waals surface area contributed by atoms with Crippen molar-refractivity contribution in [1.29, 1.82) is 0 Å². The van der Waals surface area contributed by atoms with Crippen molar-refractivity contribution in [3.05, 3.63) is 24.3 Å².